The molecule has 0 bridgehead atoms. The summed E-state index contributed by atoms with van der Waals surface area (Å²) in [7, 11) is 0. The fourth-order valence-corrected chi connectivity index (χ4v) is 19.1. The van der Waals surface area contributed by atoms with E-state index in [9.17, 15) is 0 Å². The molecule has 5 aliphatic carbocycles. The SMILES string of the molecule is c1ccc(C2(c3ccccc3)c3cc(N(c4ccc(C5CCCC5)cc4)c4cccc5c4oc4c(C6CCCCC6)cccc45)c4ccccc4c3-c3c2cc(N(c2ccc(C4CCCC4)cc2)c2cccc4c2oc2c(C5CCCCC5)cccc24)c2ccccc32)cc1. The number of fused-ring (bicyclic) bond motifs is 13. The van der Waals surface area contributed by atoms with Crippen molar-refractivity contribution in [2.45, 2.75) is 145 Å². The Morgan fingerprint density at radius 1 is 0.263 bits per heavy atom. The first kappa shape index (κ1) is 56.9. The highest BCUT2D eigenvalue weighted by molar-refractivity contribution is 6.20. The normalized spacial score (nSPS) is 17.1. The quantitative estimate of drug-likeness (QED) is 0.122. The van der Waals surface area contributed by atoms with Gasteiger partial charge in [-0.15, -0.1) is 0 Å². The lowest BCUT2D eigenvalue weighted by Gasteiger charge is -2.36. The minimum absolute atomic E-state index is 0.492. The Morgan fingerprint density at radius 3 is 0.989 bits per heavy atom. The van der Waals surface area contributed by atoms with E-state index in [1.165, 1.54) is 204 Å². The molecule has 0 aliphatic heterocycles. The van der Waals surface area contributed by atoms with Crippen molar-refractivity contribution < 1.29 is 8.83 Å². The third kappa shape index (κ3) is 9.13. The molecule has 0 N–H and O–H groups in total. The fourth-order valence-electron chi connectivity index (χ4n) is 19.1. The summed E-state index contributed by atoms with van der Waals surface area (Å²) in [4.78, 5) is 5.15. The van der Waals surface area contributed by atoms with E-state index < -0.39 is 5.41 Å². The monoisotopic (exact) mass is 1230 g/mol. The third-order valence-corrected chi connectivity index (χ3v) is 23.6. The Balaban J connectivity index is 0.900. The van der Waals surface area contributed by atoms with E-state index in [0.717, 1.165) is 67.2 Å². The average Bonchev–Trinajstić information content (AvgIpc) is 1.52. The lowest BCUT2D eigenvalue weighted by molar-refractivity contribution is 0.442. The zero-order valence-corrected chi connectivity index (χ0v) is 54.3. The van der Waals surface area contributed by atoms with Crippen molar-refractivity contribution in [3.63, 3.8) is 0 Å². The standard InChI is InChI=1S/C91H80N2O2/c1-5-29-63(30-6-1)69-41-21-43-75-77-45-23-47-81(89(77)94-87(69)75)92(67-53-49-61(50-54-67)59-25-13-14-26-59)83-57-79-85(73-39-19-17-37-71(73)83)86-74-40-20-18-38-72(74)84(58-80(86)91(79,65-33-9-3-10-34-65)66-35-11-4-12-36-66)93(68-55-51-62(52-56-68)60-27-15-16-28-60)82-48-24-46-78-76-44-22-42-70(88(76)95-90(78)82)64-31-7-2-8-32-64/h3-4,9-12,17-24,33-60,63-64H,1-2,5-8,13-16,25-32H2. The lowest BCUT2D eigenvalue weighted by Crippen LogP contribution is -2.29. The zero-order valence-electron chi connectivity index (χ0n) is 54.3. The molecule has 95 heavy (non-hydrogen) atoms. The minimum atomic E-state index is -0.818. The first-order valence-electron chi connectivity index (χ1n) is 36.1. The van der Waals surface area contributed by atoms with Crippen LogP contribution in [-0.2, 0) is 5.41 Å². The average molecular weight is 1230 g/mol. The van der Waals surface area contributed by atoms with Gasteiger partial charge in [0.1, 0.15) is 11.2 Å². The van der Waals surface area contributed by atoms with Crippen molar-refractivity contribution in [1.82, 2.24) is 0 Å². The molecule has 4 heteroatoms. The van der Waals surface area contributed by atoms with Gasteiger partial charge in [-0.3, -0.25) is 0 Å². The third-order valence-electron chi connectivity index (χ3n) is 23.6. The van der Waals surface area contributed by atoms with Crippen LogP contribution in [0.1, 0.15) is 184 Å². The van der Waals surface area contributed by atoms with Gasteiger partial charge in [0.05, 0.1) is 28.2 Å². The van der Waals surface area contributed by atoms with Crippen LogP contribution in [0.4, 0.5) is 34.1 Å². The van der Waals surface area contributed by atoms with Crippen molar-refractivity contribution >= 4 is 99.5 Å². The number of rotatable bonds is 12. The fraction of sp³-hybridized carbons (Fsp3) is 0.253. The van der Waals surface area contributed by atoms with Gasteiger partial charge in [-0.05, 0) is 190 Å². The van der Waals surface area contributed by atoms with Crippen LogP contribution in [-0.4, -0.2) is 0 Å². The predicted octanol–water partition coefficient (Wildman–Crippen LogP) is 26.5. The maximum absolute atomic E-state index is 7.55. The molecule has 4 fully saturated rings. The Hall–Kier alpha value is -9.64. The lowest BCUT2D eigenvalue weighted by atomic mass is 9.67. The van der Waals surface area contributed by atoms with Crippen LogP contribution in [0.5, 0.6) is 0 Å². The highest BCUT2D eigenvalue weighted by atomic mass is 16.3. The highest BCUT2D eigenvalue weighted by Gasteiger charge is 2.49. The molecule has 12 aromatic carbocycles. The van der Waals surface area contributed by atoms with Gasteiger partial charge in [-0.25, -0.2) is 0 Å². The number of furan rings is 2. The minimum Gasteiger partial charge on any atom is -0.454 e. The molecule has 4 nitrogen and oxygen atoms in total. The van der Waals surface area contributed by atoms with Crippen molar-refractivity contribution in [1.29, 1.82) is 0 Å². The smallest absolute Gasteiger partial charge is 0.159 e. The molecular formula is C91H80N2O2. The zero-order chi connectivity index (χ0) is 62.6. The summed E-state index contributed by atoms with van der Waals surface area (Å²) in [5.74, 6) is 2.16. The molecule has 14 aromatic rings. The van der Waals surface area contributed by atoms with Crippen LogP contribution in [0.2, 0.25) is 0 Å². The second-order valence-corrected chi connectivity index (χ2v) is 28.7. The van der Waals surface area contributed by atoms with Crippen LogP contribution in [0.3, 0.4) is 0 Å². The van der Waals surface area contributed by atoms with E-state index in [1.807, 2.05) is 0 Å². The van der Waals surface area contributed by atoms with Gasteiger partial charge >= 0.3 is 0 Å². The van der Waals surface area contributed by atoms with Crippen molar-refractivity contribution in [2.75, 3.05) is 9.80 Å². The number of anilines is 6. The van der Waals surface area contributed by atoms with Crippen LogP contribution >= 0.6 is 0 Å². The van der Waals surface area contributed by atoms with Crippen LogP contribution in [0.25, 0.3) is 76.5 Å². The van der Waals surface area contributed by atoms with Crippen molar-refractivity contribution in [3.8, 4) is 11.1 Å². The Bertz CT molecular complexity index is 4900. The second kappa shape index (κ2) is 23.4. The van der Waals surface area contributed by atoms with E-state index in [0.29, 0.717) is 23.7 Å². The van der Waals surface area contributed by atoms with Crippen molar-refractivity contribution in [3.05, 3.63) is 287 Å². The molecular weight excluding hydrogens is 1150 g/mol. The molecule has 0 spiro atoms. The van der Waals surface area contributed by atoms with Crippen LogP contribution in [0, 0.1) is 0 Å². The van der Waals surface area contributed by atoms with E-state index in [4.69, 9.17) is 8.83 Å². The van der Waals surface area contributed by atoms with Gasteiger partial charge in [-0.1, -0.05) is 258 Å². The molecule has 0 radical (unpaired) electrons. The summed E-state index contributed by atoms with van der Waals surface area (Å²) in [6.07, 6.45) is 22.7. The first-order valence-corrected chi connectivity index (χ1v) is 36.1. The summed E-state index contributed by atoms with van der Waals surface area (Å²) < 4.78 is 15.1. The van der Waals surface area contributed by atoms with Gasteiger partial charge in [0.15, 0.2) is 11.2 Å². The van der Waals surface area contributed by atoms with Crippen LogP contribution < -0.4 is 9.80 Å². The number of hydrogen-bond donors (Lipinski definition) is 0. The molecule has 19 rings (SSSR count). The summed E-state index contributed by atoms with van der Waals surface area (Å²) in [5, 5.41) is 9.52. The van der Waals surface area contributed by atoms with Gasteiger partial charge < -0.3 is 18.6 Å². The molecule has 4 saturated carbocycles. The van der Waals surface area contributed by atoms with Gasteiger partial charge in [-0.2, -0.15) is 0 Å². The van der Waals surface area contributed by atoms with Gasteiger partial charge in [0.2, 0.25) is 0 Å². The summed E-state index contributed by atoms with van der Waals surface area (Å²) in [6.45, 7) is 0. The van der Waals surface area contributed by atoms with Crippen LogP contribution in [0.15, 0.2) is 251 Å². The Kier molecular flexibility index (Phi) is 14.0. The largest absolute Gasteiger partial charge is 0.454 e. The summed E-state index contributed by atoms with van der Waals surface area (Å²) >= 11 is 0. The molecule has 466 valence electrons. The van der Waals surface area contributed by atoms with E-state index >= 15 is 0 Å². The molecule has 2 heterocycles. The summed E-state index contributed by atoms with van der Waals surface area (Å²) in [6, 6.07) is 93.9. The molecule has 5 aliphatic rings. The van der Waals surface area contributed by atoms with E-state index in [-0.39, 0.29) is 0 Å². The maximum atomic E-state index is 7.55. The van der Waals surface area contributed by atoms with E-state index in [2.05, 4.69) is 252 Å². The molecule has 0 unspecified atom stereocenters. The topological polar surface area (TPSA) is 32.8 Å². The van der Waals surface area contributed by atoms with E-state index in [1.54, 1.807) is 0 Å². The Morgan fingerprint density at radius 2 is 0.589 bits per heavy atom. The number of hydrogen-bond acceptors (Lipinski definition) is 4. The number of nitrogens with zero attached hydrogens (tertiary/aromatic N) is 2. The predicted molar refractivity (Wildman–Crippen MR) is 397 cm³/mol. The van der Waals surface area contributed by atoms with Gasteiger partial charge in [0, 0.05) is 43.7 Å². The van der Waals surface area contributed by atoms with Crippen molar-refractivity contribution in [2.24, 2.45) is 0 Å². The number of benzene rings is 12. The molecule has 2 aromatic heterocycles. The Labute approximate surface area is 557 Å². The number of para-hydroxylation sites is 4. The summed E-state index contributed by atoms with van der Waals surface area (Å²) in [5.41, 5.74) is 22.8. The second-order valence-electron chi connectivity index (χ2n) is 28.7. The van der Waals surface area contributed by atoms with Gasteiger partial charge in [0.25, 0.3) is 0 Å². The first-order chi connectivity index (χ1) is 47.2. The molecule has 0 atom stereocenters. The highest BCUT2D eigenvalue weighted by Crippen LogP contribution is 2.64. The maximum Gasteiger partial charge on any atom is 0.159 e. The molecule has 0 amide bonds. The molecule has 0 saturated heterocycles.